The summed E-state index contributed by atoms with van der Waals surface area (Å²) in [4.78, 5) is 30.8. The van der Waals surface area contributed by atoms with Crippen LogP contribution in [0.4, 0.5) is 0 Å². The van der Waals surface area contributed by atoms with Gasteiger partial charge in [-0.1, -0.05) is 17.7 Å². The summed E-state index contributed by atoms with van der Waals surface area (Å²) in [5.41, 5.74) is 3.27. The molecule has 0 spiro atoms. The summed E-state index contributed by atoms with van der Waals surface area (Å²) in [6.07, 6.45) is 2.13. The number of halogens is 1. The molecular formula is C23H21ClN2O4. The van der Waals surface area contributed by atoms with Crippen molar-refractivity contribution >= 4 is 40.0 Å². The molecule has 2 heterocycles. The summed E-state index contributed by atoms with van der Waals surface area (Å²) in [7, 11) is 1.55. The maximum Gasteiger partial charge on any atom is 0.341 e. The van der Waals surface area contributed by atoms with Gasteiger partial charge in [0.25, 0.3) is 5.91 Å². The first-order valence-corrected chi connectivity index (χ1v) is 10.0. The Bertz CT molecular complexity index is 1170. The van der Waals surface area contributed by atoms with Gasteiger partial charge in [0.15, 0.2) is 0 Å². The molecular weight excluding hydrogens is 404 g/mol. The van der Waals surface area contributed by atoms with E-state index >= 15 is 0 Å². The van der Waals surface area contributed by atoms with Crippen LogP contribution in [0.1, 0.15) is 28.5 Å². The largest absolute Gasteiger partial charge is 0.497 e. The van der Waals surface area contributed by atoms with Crippen LogP contribution in [0.2, 0.25) is 5.02 Å². The maximum absolute atomic E-state index is 13.2. The molecule has 0 unspecified atom stereocenters. The zero-order chi connectivity index (χ0) is 21.3. The molecule has 1 amide bonds. The van der Waals surface area contributed by atoms with Crippen molar-refractivity contribution in [2.45, 2.75) is 13.3 Å². The molecule has 0 atom stereocenters. The number of benzene rings is 2. The summed E-state index contributed by atoms with van der Waals surface area (Å²) < 4.78 is 10.5. The first-order valence-electron chi connectivity index (χ1n) is 9.66. The fraction of sp³-hybridized carbons (Fsp3) is 0.217. The van der Waals surface area contributed by atoms with E-state index in [1.807, 2.05) is 12.1 Å². The van der Waals surface area contributed by atoms with Crippen LogP contribution in [-0.4, -0.2) is 42.0 Å². The van der Waals surface area contributed by atoms with Gasteiger partial charge < -0.3 is 19.4 Å². The van der Waals surface area contributed by atoms with E-state index in [0.29, 0.717) is 40.6 Å². The fourth-order valence-corrected chi connectivity index (χ4v) is 3.84. The summed E-state index contributed by atoms with van der Waals surface area (Å²) in [6.45, 7) is 2.40. The number of ether oxygens (including phenoxy) is 2. The number of carbonyl (C=O) groups is 2. The lowest BCUT2D eigenvalue weighted by molar-refractivity contribution is -0.136. The fourth-order valence-electron chi connectivity index (χ4n) is 3.67. The molecule has 0 aliphatic carbocycles. The minimum atomic E-state index is -0.484. The Balaban J connectivity index is 1.79. The van der Waals surface area contributed by atoms with E-state index in [-0.39, 0.29) is 12.5 Å². The van der Waals surface area contributed by atoms with E-state index < -0.39 is 5.97 Å². The molecule has 1 aliphatic rings. The number of amides is 1. The van der Waals surface area contributed by atoms with E-state index in [1.54, 1.807) is 55.5 Å². The van der Waals surface area contributed by atoms with Crippen LogP contribution in [0.15, 0.2) is 48.7 Å². The van der Waals surface area contributed by atoms with Gasteiger partial charge in [-0.05, 0) is 55.3 Å². The summed E-state index contributed by atoms with van der Waals surface area (Å²) >= 11 is 6.20. The summed E-state index contributed by atoms with van der Waals surface area (Å²) in [6, 6.07) is 12.5. The molecule has 7 heteroatoms. The van der Waals surface area contributed by atoms with Gasteiger partial charge >= 0.3 is 5.97 Å². The van der Waals surface area contributed by atoms with E-state index in [9.17, 15) is 9.59 Å². The second kappa shape index (κ2) is 8.24. The van der Waals surface area contributed by atoms with Gasteiger partial charge in [0.1, 0.15) is 5.75 Å². The summed E-state index contributed by atoms with van der Waals surface area (Å²) in [5, 5.41) is 1.54. The average molecular weight is 425 g/mol. The normalized spacial score (nSPS) is 13.4. The third-order valence-electron chi connectivity index (χ3n) is 5.10. The van der Waals surface area contributed by atoms with Gasteiger partial charge in [0, 0.05) is 34.2 Å². The Morgan fingerprint density at radius 1 is 1.20 bits per heavy atom. The van der Waals surface area contributed by atoms with Crippen LogP contribution in [0.3, 0.4) is 0 Å². The molecule has 0 radical (unpaired) electrons. The van der Waals surface area contributed by atoms with E-state index in [0.717, 1.165) is 16.5 Å². The van der Waals surface area contributed by atoms with Crippen LogP contribution >= 0.6 is 11.6 Å². The SMILES string of the molecule is CCOC(=O)C1=CN(C(=O)c2cccc(OC)c2)CCc2c1[nH]c1ccc(Cl)cc21. The van der Waals surface area contributed by atoms with Crippen LogP contribution in [0.5, 0.6) is 5.75 Å². The molecule has 154 valence electrons. The second-order valence-corrected chi connectivity index (χ2v) is 7.35. The van der Waals surface area contributed by atoms with Gasteiger partial charge in [-0.3, -0.25) is 4.79 Å². The molecule has 4 rings (SSSR count). The third kappa shape index (κ3) is 3.66. The highest BCUT2D eigenvalue weighted by molar-refractivity contribution is 6.31. The first-order chi connectivity index (χ1) is 14.5. The Labute approximate surface area is 179 Å². The number of aromatic nitrogens is 1. The van der Waals surface area contributed by atoms with Gasteiger partial charge in [-0.2, -0.15) is 0 Å². The van der Waals surface area contributed by atoms with Crippen LogP contribution in [-0.2, 0) is 16.0 Å². The molecule has 6 nitrogen and oxygen atoms in total. The van der Waals surface area contributed by atoms with Crippen LogP contribution in [0.25, 0.3) is 16.5 Å². The van der Waals surface area contributed by atoms with Gasteiger partial charge in [0.05, 0.1) is 25.0 Å². The average Bonchev–Trinajstić information content (AvgIpc) is 2.99. The number of carbonyl (C=O) groups excluding carboxylic acids is 2. The van der Waals surface area contributed by atoms with Crippen LogP contribution in [0, 0.1) is 0 Å². The van der Waals surface area contributed by atoms with Crippen molar-refractivity contribution in [2.75, 3.05) is 20.3 Å². The van der Waals surface area contributed by atoms with E-state index in [1.165, 1.54) is 0 Å². The Hall–Kier alpha value is -3.25. The highest BCUT2D eigenvalue weighted by atomic mass is 35.5. The molecule has 1 aliphatic heterocycles. The topological polar surface area (TPSA) is 71.6 Å². The number of H-pyrrole nitrogens is 1. The summed E-state index contributed by atoms with van der Waals surface area (Å²) in [5.74, 6) is -0.110. The number of nitrogens with one attached hydrogen (secondary N) is 1. The van der Waals surface area contributed by atoms with Crippen molar-refractivity contribution in [1.82, 2.24) is 9.88 Å². The molecule has 1 aromatic heterocycles. The molecule has 1 N–H and O–H groups in total. The van der Waals surface area contributed by atoms with Crippen molar-refractivity contribution in [2.24, 2.45) is 0 Å². The lowest BCUT2D eigenvalue weighted by Crippen LogP contribution is -2.28. The molecule has 2 aromatic carbocycles. The van der Waals surface area contributed by atoms with Crippen molar-refractivity contribution < 1.29 is 19.1 Å². The van der Waals surface area contributed by atoms with Crippen molar-refractivity contribution in [1.29, 1.82) is 0 Å². The van der Waals surface area contributed by atoms with Gasteiger partial charge in [-0.15, -0.1) is 0 Å². The lowest BCUT2D eigenvalue weighted by Gasteiger charge is -2.18. The maximum atomic E-state index is 13.2. The second-order valence-electron chi connectivity index (χ2n) is 6.91. The zero-order valence-electron chi connectivity index (χ0n) is 16.7. The number of methoxy groups -OCH3 is 1. The predicted octanol–water partition coefficient (Wildman–Crippen LogP) is 4.43. The zero-order valence-corrected chi connectivity index (χ0v) is 17.5. The first kappa shape index (κ1) is 20.0. The van der Waals surface area contributed by atoms with Crippen molar-refractivity contribution in [3.8, 4) is 5.75 Å². The number of aromatic amines is 1. The Morgan fingerprint density at radius 3 is 2.80 bits per heavy atom. The van der Waals surface area contributed by atoms with Gasteiger partial charge in [-0.25, -0.2) is 4.79 Å². The quantitative estimate of drug-likeness (QED) is 0.629. The Kier molecular flexibility index (Phi) is 5.50. The minimum Gasteiger partial charge on any atom is -0.497 e. The number of fused-ring (bicyclic) bond motifs is 3. The molecule has 0 fully saturated rings. The minimum absolute atomic E-state index is 0.219. The highest BCUT2D eigenvalue weighted by Gasteiger charge is 2.27. The highest BCUT2D eigenvalue weighted by Crippen LogP contribution is 2.33. The van der Waals surface area contributed by atoms with Crippen LogP contribution < -0.4 is 4.74 Å². The predicted molar refractivity (Wildman–Crippen MR) is 116 cm³/mol. The number of hydrogen-bond donors (Lipinski definition) is 1. The number of nitrogens with zero attached hydrogens (tertiary/aromatic N) is 1. The third-order valence-corrected chi connectivity index (χ3v) is 5.33. The molecule has 3 aromatic rings. The van der Waals surface area contributed by atoms with Gasteiger partial charge in [0.2, 0.25) is 0 Å². The van der Waals surface area contributed by atoms with E-state index in [2.05, 4.69) is 4.98 Å². The number of rotatable bonds is 4. The molecule has 0 saturated carbocycles. The molecule has 0 saturated heterocycles. The standard InChI is InChI=1S/C23H21ClN2O4/c1-3-30-23(28)19-13-26(22(27)14-5-4-6-16(11-14)29-2)10-9-17-18-12-15(24)7-8-20(18)25-21(17)19/h4-8,11-13,25H,3,9-10H2,1-2H3. The van der Waals surface area contributed by atoms with E-state index in [4.69, 9.17) is 21.1 Å². The lowest BCUT2D eigenvalue weighted by atomic mass is 10.0. The number of hydrogen-bond acceptors (Lipinski definition) is 4. The monoisotopic (exact) mass is 424 g/mol. The van der Waals surface area contributed by atoms with Crippen molar-refractivity contribution in [3.05, 3.63) is 70.5 Å². The molecule has 0 bridgehead atoms. The smallest absolute Gasteiger partial charge is 0.341 e. The number of esters is 1. The molecule has 30 heavy (non-hydrogen) atoms. The Morgan fingerprint density at radius 2 is 2.03 bits per heavy atom. The van der Waals surface area contributed by atoms with Crippen molar-refractivity contribution in [3.63, 3.8) is 0 Å².